The molecule has 0 radical (unpaired) electrons. The van der Waals surface area contributed by atoms with Crippen molar-refractivity contribution in [1.29, 1.82) is 0 Å². The van der Waals surface area contributed by atoms with Gasteiger partial charge < -0.3 is 4.74 Å². The van der Waals surface area contributed by atoms with E-state index in [9.17, 15) is 0 Å². The highest BCUT2D eigenvalue weighted by atomic mass is 35.5. The van der Waals surface area contributed by atoms with Gasteiger partial charge in [0.1, 0.15) is 12.4 Å². The van der Waals surface area contributed by atoms with Crippen molar-refractivity contribution >= 4 is 17.2 Å². The van der Waals surface area contributed by atoms with Gasteiger partial charge in [-0.3, -0.25) is 4.40 Å². The minimum absolute atomic E-state index is 0.463. The lowest BCUT2D eigenvalue weighted by atomic mass is 10.2. The average molecular weight is 273 g/mol. The van der Waals surface area contributed by atoms with Crippen molar-refractivity contribution in [1.82, 2.24) is 9.38 Å². The van der Waals surface area contributed by atoms with E-state index in [4.69, 9.17) is 16.3 Å². The number of halogens is 1. The molecule has 0 aliphatic carbocycles. The number of fused-ring (bicyclic) bond motifs is 1. The molecule has 1 aromatic carbocycles. The van der Waals surface area contributed by atoms with Crippen molar-refractivity contribution < 1.29 is 4.74 Å². The molecule has 3 nitrogen and oxygen atoms in total. The van der Waals surface area contributed by atoms with Crippen LogP contribution in [-0.4, -0.2) is 9.38 Å². The maximum Gasteiger partial charge on any atom is 0.155 e. The Labute approximate surface area is 116 Å². The van der Waals surface area contributed by atoms with Gasteiger partial charge in [-0.2, -0.15) is 0 Å². The molecule has 3 aromatic rings. The van der Waals surface area contributed by atoms with Crippen molar-refractivity contribution in [3.8, 4) is 5.75 Å². The molecule has 0 fully saturated rings. The third-order valence-corrected chi connectivity index (χ3v) is 3.27. The number of pyridine rings is 1. The van der Waals surface area contributed by atoms with Gasteiger partial charge in [-0.05, 0) is 31.2 Å². The van der Waals surface area contributed by atoms with Crippen LogP contribution in [0.15, 0.2) is 48.8 Å². The number of rotatable bonds is 3. The second kappa shape index (κ2) is 4.94. The Morgan fingerprint density at radius 1 is 1.21 bits per heavy atom. The fourth-order valence-corrected chi connectivity index (χ4v) is 2.14. The van der Waals surface area contributed by atoms with E-state index in [1.165, 1.54) is 5.56 Å². The Balaban J connectivity index is 1.82. The second-order valence-electron chi connectivity index (χ2n) is 4.40. The number of aromatic nitrogens is 2. The van der Waals surface area contributed by atoms with Crippen molar-refractivity contribution in [2.45, 2.75) is 13.5 Å². The van der Waals surface area contributed by atoms with Crippen LogP contribution in [0.25, 0.3) is 5.65 Å². The summed E-state index contributed by atoms with van der Waals surface area (Å²) in [4.78, 5) is 4.30. The zero-order chi connectivity index (χ0) is 13.2. The molecule has 0 aliphatic heterocycles. The summed E-state index contributed by atoms with van der Waals surface area (Å²) in [6, 6.07) is 11.7. The van der Waals surface area contributed by atoms with Crippen molar-refractivity contribution in [3.63, 3.8) is 0 Å². The molecule has 0 saturated heterocycles. The lowest BCUT2D eigenvalue weighted by molar-refractivity contribution is 0.300. The van der Waals surface area contributed by atoms with Crippen LogP contribution in [0.3, 0.4) is 0 Å². The highest BCUT2D eigenvalue weighted by molar-refractivity contribution is 6.33. The summed E-state index contributed by atoms with van der Waals surface area (Å²) >= 11 is 6.08. The number of hydrogen-bond donors (Lipinski definition) is 0. The second-order valence-corrected chi connectivity index (χ2v) is 4.81. The number of aryl methyl sites for hydroxylation is 1. The lowest BCUT2D eigenvalue weighted by Crippen LogP contribution is -1.99. The molecule has 4 heteroatoms. The van der Waals surface area contributed by atoms with Crippen LogP contribution in [0.4, 0.5) is 0 Å². The summed E-state index contributed by atoms with van der Waals surface area (Å²) in [6.45, 7) is 2.51. The van der Waals surface area contributed by atoms with Gasteiger partial charge in [0, 0.05) is 6.20 Å². The standard InChI is InChI=1S/C15H13ClN2O/c1-11-4-6-13(7-5-11)19-10-12-9-17-15-14(16)3-2-8-18(12)15/h2-9H,10H2,1H3. The van der Waals surface area contributed by atoms with E-state index in [0.29, 0.717) is 11.6 Å². The largest absolute Gasteiger partial charge is 0.487 e. The minimum Gasteiger partial charge on any atom is -0.487 e. The SMILES string of the molecule is Cc1ccc(OCc2cnc3c(Cl)cccn23)cc1. The molecule has 0 aliphatic rings. The average Bonchev–Trinajstić information content (AvgIpc) is 2.83. The van der Waals surface area contributed by atoms with Gasteiger partial charge in [-0.1, -0.05) is 29.3 Å². The summed E-state index contributed by atoms with van der Waals surface area (Å²) in [6.07, 6.45) is 3.72. The van der Waals surface area contributed by atoms with Crippen molar-refractivity contribution in [2.24, 2.45) is 0 Å². The maximum absolute atomic E-state index is 6.08. The van der Waals surface area contributed by atoms with E-state index < -0.39 is 0 Å². The van der Waals surface area contributed by atoms with Crippen LogP contribution < -0.4 is 4.74 Å². The molecule has 0 spiro atoms. The molecule has 0 bridgehead atoms. The number of ether oxygens (including phenoxy) is 1. The fourth-order valence-electron chi connectivity index (χ4n) is 1.93. The van der Waals surface area contributed by atoms with Gasteiger partial charge in [-0.15, -0.1) is 0 Å². The molecular formula is C15H13ClN2O. The summed E-state index contributed by atoms with van der Waals surface area (Å²) in [5.41, 5.74) is 2.94. The van der Waals surface area contributed by atoms with E-state index in [2.05, 4.69) is 11.9 Å². The first-order valence-electron chi connectivity index (χ1n) is 6.04. The summed E-state index contributed by atoms with van der Waals surface area (Å²) in [7, 11) is 0. The molecule has 2 heterocycles. The van der Waals surface area contributed by atoms with Crippen molar-refractivity contribution in [2.75, 3.05) is 0 Å². The third kappa shape index (κ3) is 2.42. The molecule has 0 unspecified atom stereocenters. The van der Waals surface area contributed by atoms with Gasteiger partial charge in [0.25, 0.3) is 0 Å². The van der Waals surface area contributed by atoms with Crippen LogP contribution >= 0.6 is 11.6 Å². The third-order valence-electron chi connectivity index (χ3n) is 2.97. The minimum atomic E-state index is 0.463. The van der Waals surface area contributed by atoms with E-state index in [1.807, 2.05) is 47.0 Å². The molecule has 0 N–H and O–H groups in total. The Morgan fingerprint density at radius 2 is 2.00 bits per heavy atom. The van der Waals surface area contributed by atoms with E-state index in [1.54, 1.807) is 6.20 Å². The Hall–Kier alpha value is -2.00. The molecule has 0 saturated carbocycles. The first kappa shape index (κ1) is 12.1. The number of nitrogens with zero attached hydrogens (tertiary/aromatic N) is 2. The zero-order valence-electron chi connectivity index (χ0n) is 10.5. The summed E-state index contributed by atoms with van der Waals surface area (Å²) in [5.74, 6) is 0.850. The number of hydrogen-bond acceptors (Lipinski definition) is 2. The highest BCUT2D eigenvalue weighted by Crippen LogP contribution is 2.18. The smallest absolute Gasteiger partial charge is 0.155 e. The molecule has 19 heavy (non-hydrogen) atoms. The van der Waals surface area contributed by atoms with Gasteiger partial charge in [0.15, 0.2) is 5.65 Å². The Bertz CT molecular complexity index is 704. The quantitative estimate of drug-likeness (QED) is 0.723. The Morgan fingerprint density at radius 3 is 2.79 bits per heavy atom. The lowest BCUT2D eigenvalue weighted by Gasteiger charge is -2.06. The van der Waals surface area contributed by atoms with Crippen LogP contribution in [0, 0.1) is 6.92 Å². The molecule has 96 valence electrons. The van der Waals surface area contributed by atoms with Gasteiger partial charge in [0.2, 0.25) is 0 Å². The molecule has 3 rings (SSSR count). The van der Waals surface area contributed by atoms with E-state index in [-0.39, 0.29) is 0 Å². The van der Waals surface area contributed by atoms with Gasteiger partial charge in [0.05, 0.1) is 16.9 Å². The van der Waals surface area contributed by atoms with Gasteiger partial charge >= 0.3 is 0 Å². The van der Waals surface area contributed by atoms with Crippen LogP contribution in [0.5, 0.6) is 5.75 Å². The molecule has 2 aromatic heterocycles. The predicted molar refractivity (Wildman–Crippen MR) is 75.7 cm³/mol. The molecule has 0 atom stereocenters. The topological polar surface area (TPSA) is 26.5 Å². The van der Waals surface area contributed by atoms with Crippen molar-refractivity contribution in [3.05, 3.63) is 65.1 Å². The van der Waals surface area contributed by atoms with Crippen LogP contribution in [-0.2, 0) is 6.61 Å². The molecule has 0 amide bonds. The number of benzene rings is 1. The van der Waals surface area contributed by atoms with E-state index >= 15 is 0 Å². The highest BCUT2D eigenvalue weighted by Gasteiger charge is 2.06. The van der Waals surface area contributed by atoms with Crippen LogP contribution in [0.2, 0.25) is 5.02 Å². The van der Waals surface area contributed by atoms with E-state index in [0.717, 1.165) is 17.1 Å². The first-order valence-corrected chi connectivity index (χ1v) is 6.42. The van der Waals surface area contributed by atoms with Gasteiger partial charge in [-0.25, -0.2) is 4.98 Å². The Kier molecular flexibility index (Phi) is 3.13. The fraction of sp³-hybridized carbons (Fsp3) is 0.133. The summed E-state index contributed by atoms with van der Waals surface area (Å²) in [5, 5.41) is 0.643. The van der Waals surface area contributed by atoms with Crippen LogP contribution in [0.1, 0.15) is 11.3 Å². The first-order chi connectivity index (χ1) is 9.24. The number of imidazole rings is 1. The monoisotopic (exact) mass is 272 g/mol. The summed E-state index contributed by atoms with van der Waals surface area (Å²) < 4.78 is 7.69. The predicted octanol–water partition coefficient (Wildman–Crippen LogP) is 3.88. The zero-order valence-corrected chi connectivity index (χ0v) is 11.3. The normalized spacial score (nSPS) is 10.8. The molecular weight excluding hydrogens is 260 g/mol. The maximum atomic E-state index is 6.08.